The van der Waals surface area contributed by atoms with Gasteiger partial charge in [0.25, 0.3) is 0 Å². The van der Waals surface area contributed by atoms with Crippen LogP contribution < -0.4 is 5.73 Å². The van der Waals surface area contributed by atoms with Crippen molar-refractivity contribution < 1.29 is 0 Å². The van der Waals surface area contributed by atoms with Crippen LogP contribution in [0, 0.1) is 0 Å². The maximum atomic E-state index is 5.94. The van der Waals surface area contributed by atoms with E-state index in [9.17, 15) is 0 Å². The molecule has 1 rings (SSSR count). The minimum absolute atomic E-state index is 0.412. The van der Waals surface area contributed by atoms with E-state index in [1.165, 1.54) is 19.3 Å². The standard InChI is InChI=1S/C10H22N2/c1-4-10-6-5-9(11)7-12(10)8(2)3/h8-10H,4-7,11H2,1-3H3/t9-,10+/m0/s1. The number of hydrogen-bond acceptors (Lipinski definition) is 2. The third kappa shape index (κ3) is 2.20. The topological polar surface area (TPSA) is 29.3 Å². The molecule has 2 nitrogen and oxygen atoms in total. The van der Waals surface area contributed by atoms with Gasteiger partial charge >= 0.3 is 0 Å². The molecule has 0 bridgehead atoms. The van der Waals surface area contributed by atoms with E-state index in [0.717, 1.165) is 12.6 Å². The summed E-state index contributed by atoms with van der Waals surface area (Å²) in [6.45, 7) is 7.90. The van der Waals surface area contributed by atoms with Gasteiger partial charge in [-0.3, -0.25) is 4.90 Å². The molecule has 1 heterocycles. The van der Waals surface area contributed by atoms with E-state index in [0.29, 0.717) is 12.1 Å². The Morgan fingerprint density at radius 2 is 2.08 bits per heavy atom. The van der Waals surface area contributed by atoms with E-state index in [2.05, 4.69) is 25.7 Å². The van der Waals surface area contributed by atoms with E-state index in [1.807, 2.05) is 0 Å². The average molecular weight is 170 g/mol. The van der Waals surface area contributed by atoms with Crippen molar-refractivity contribution in [2.24, 2.45) is 5.73 Å². The Balaban J connectivity index is 2.52. The van der Waals surface area contributed by atoms with Crippen LogP contribution in [-0.4, -0.2) is 29.6 Å². The summed E-state index contributed by atoms with van der Waals surface area (Å²) in [7, 11) is 0. The molecular formula is C10H22N2. The minimum atomic E-state index is 0.412. The van der Waals surface area contributed by atoms with Crippen molar-refractivity contribution in [1.82, 2.24) is 4.90 Å². The molecular weight excluding hydrogens is 148 g/mol. The van der Waals surface area contributed by atoms with E-state index >= 15 is 0 Å². The highest BCUT2D eigenvalue weighted by Gasteiger charge is 2.26. The minimum Gasteiger partial charge on any atom is -0.327 e. The molecule has 12 heavy (non-hydrogen) atoms. The summed E-state index contributed by atoms with van der Waals surface area (Å²) < 4.78 is 0. The van der Waals surface area contributed by atoms with Crippen LogP contribution in [0.4, 0.5) is 0 Å². The van der Waals surface area contributed by atoms with Crippen molar-refractivity contribution in [3.63, 3.8) is 0 Å². The van der Waals surface area contributed by atoms with Gasteiger partial charge in [-0.1, -0.05) is 6.92 Å². The van der Waals surface area contributed by atoms with Crippen LogP contribution >= 0.6 is 0 Å². The zero-order valence-corrected chi connectivity index (χ0v) is 8.59. The maximum Gasteiger partial charge on any atom is 0.0168 e. The number of hydrogen-bond donors (Lipinski definition) is 1. The van der Waals surface area contributed by atoms with Gasteiger partial charge < -0.3 is 5.73 Å². The summed E-state index contributed by atoms with van der Waals surface area (Å²) in [5.74, 6) is 0. The van der Waals surface area contributed by atoms with Gasteiger partial charge in [0.1, 0.15) is 0 Å². The molecule has 0 amide bonds. The Morgan fingerprint density at radius 3 is 2.58 bits per heavy atom. The quantitative estimate of drug-likeness (QED) is 0.682. The Hall–Kier alpha value is -0.0800. The molecule has 0 spiro atoms. The van der Waals surface area contributed by atoms with Gasteiger partial charge in [-0.2, -0.15) is 0 Å². The molecule has 2 N–H and O–H groups in total. The van der Waals surface area contributed by atoms with Gasteiger partial charge in [-0.05, 0) is 33.1 Å². The van der Waals surface area contributed by atoms with E-state index in [-0.39, 0.29) is 0 Å². The summed E-state index contributed by atoms with van der Waals surface area (Å²) >= 11 is 0. The Bertz CT molecular complexity index is 134. The summed E-state index contributed by atoms with van der Waals surface area (Å²) in [6.07, 6.45) is 3.77. The monoisotopic (exact) mass is 170 g/mol. The lowest BCUT2D eigenvalue weighted by Gasteiger charge is -2.40. The zero-order valence-electron chi connectivity index (χ0n) is 8.59. The van der Waals surface area contributed by atoms with Crippen LogP contribution in [0.5, 0.6) is 0 Å². The van der Waals surface area contributed by atoms with Crippen molar-refractivity contribution in [3.8, 4) is 0 Å². The van der Waals surface area contributed by atoms with Crippen LogP contribution in [0.1, 0.15) is 40.0 Å². The molecule has 1 aliphatic heterocycles. The van der Waals surface area contributed by atoms with E-state index < -0.39 is 0 Å². The molecule has 0 saturated carbocycles. The molecule has 2 atom stereocenters. The number of nitrogens with zero attached hydrogens (tertiary/aromatic N) is 1. The summed E-state index contributed by atoms with van der Waals surface area (Å²) in [6, 6.07) is 1.85. The first-order valence-corrected chi connectivity index (χ1v) is 5.16. The highest BCUT2D eigenvalue weighted by Crippen LogP contribution is 2.20. The van der Waals surface area contributed by atoms with Gasteiger partial charge in [-0.25, -0.2) is 0 Å². The summed E-state index contributed by atoms with van der Waals surface area (Å²) in [4.78, 5) is 2.55. The van der Waals surface area contributed by atoms with Gasteiger partial charge in [0.15, 0.2) is 0 Å². The zero-order chi connectivity index (χ0) is 9.14. The number of likely N-dealkylation sites (tertiary alicyclic amines) is 1. The first-order valence-electron chi connectivity index (χ1n) is 5.16. The molecule has 1 aliphatic rings. The van der Waals surface area contributed by atoms with E-state index in [4.69, 9.17) is 5.73 Å². The van der Waals surface area contributed by atoms with Crippen LogP contribution in [-0.2, 0) is 0 Å². The summed E-state index contributed by atoms with van der Waals surface area (Å²) in [5.41, 5.74) is 5.94. The van der Waals surface area contributed by atoms with Gasteiger partial charge in [0.05, 0.1) is 0 Å². The Morgan fingerprint density at radius 1 is 1.42 bits per heavy atom. The van der Waals surface area contributed by atoms with Gasteiger partial charge in [-0.15, -0.1) is 0 Å². The van der Waals surface area contributed by atoms with Crippen molar-refractivity contribution in [1.29, 1.82) is 0 Å². The maximum absolute atomic E-state index is 5.94. The Kier molecular flexibility index (Phi) is 3.53. The predicted molar refractivity (Wildman–Crippen MR) is 53.1 cm³/mol. The molecule has 1 fully saturated rings. The van der Waals surface area contributed by atoms with Gasteiger partial charge in [0, 0.05) is 24.7 Å². The largest absolute Gasteiger partial charge is 0.327 e. The predicted octanol–water partition coefficient (Wildman–Crippen LogP) is 1.60. The fourth-order valence-electron chi connectivity index (χ4n) is 2.15. The van der Waals surface area contributed by atoms with Crippen molar-refractivity contribution in [2.45, 2.75) is 58.2 Å². The fourth-order valence-corrected chi connectivity index (χ4v) is 2.15. The molecule has 72 valence electrons. The second kappa shape index (κ2) is 4.24. The van der Waals surface area contributed by atoms with Gasteiger partial charge in [0.2, 0.25) is 0 Å². The second-order valence-corrected chi connectivity index (χ2v) is 4.19. The molecule has 0 aliphatic carbocycles. The molecule has 0 aromatic heterocycles. The molecule has 0 unspecified atom stereocenters. The lowest BCUT2D eigenvalue weighted by molar-refractivity contribution is 0.0968. The first kappa shape index (κ1) is 10.0. The van der Waals surface area contributed by atoms with Crippen molar-refractivity contribution in [2.75, 3.05) is 6.54 Å². The number of rotatable bonds is 2. The second-order valence-electron chi connectivity index (χ2n) is 4.19. The lowest BCUT2D eigenvalue weighted by Crippen LogP contribution is -2.51. The highest BCUT2D eigenvalue weighted by atomic mass is 15.2. The van der Waals surface area contributed by atoms with Crippen LogP contribution in [0.3, 0.4) is 0 Å². The molecule has 0 aromatic rings. The lowest BCUT2D eigenvalue weighted by atomic mass is 9.95. The number of piperidine rings is 1. The third-order valence-electron chi connectivity index (χ3n) is 2.92. The van der Waals surface area contributed by atoms with Crippen LogP contribution in [0.25, 0.3) is 0 Å². The Labute approximate surface area is 76.1 Å². The smallest absolute Gasteiger partial charge is 0.0168 e. The first-order chi connectivity index (χ1) is 5.65. The highest BCUT2D eigenvalue weighted by molar-refractivity contribution is 4.84. The van der Waals surface area contributed by atoms with E-state index in [1.54, 1.807) is 0 Å². The fraction of sp³-hybridized carbons (Fsp3) is 1.00. The molecule has 1 saturated heterocycles. The normalized spacial score (nSPS) is 32.8. The van der Waals surface area contributed by atoms with Crippen LogP contribution in [0.2, 0.25) is 0 Å². The molecule has 2 heteroatoms. The van der Waals surface area contributed by atoms with Crippen molar-refractivity contribution >= 4 is 0 Å². The third-order valence-corrected chi connectivity index (χ3v) is 2.92. The summed E-state index contributed by atoms with van der Waals surface area (Å²) in [5, 5.41) is 0. The molecule has 0 aromatic carbocycles. The molecule has 0 radical (unpaired) electrons. The SMILES string of the molecule is CC[C@@H]1CC[C@H](N)CN1C(C)C. The average Bonchev–Trinajstić information content (AvgIpc) is 2.04. The number of nitrogens with two attached hydrogens (primary N) is 1. The van der Waals surface area contributed by atoms with Crippen LogP contribution in [0.15, 0.2) is 0 Å². The van der Waals surface area contributed by atoms with Crippen molar-refractivity contribution in [3.05, 3.63) is 0 Å².